The summed E-state index contributed by atoms with van der Waals surface area (Å²) in [6.45, 7) is 2.68. The molecule has 168 valence electrons. The van der Waals surface area contributed by atoms with E-state index < -0.39 is 10.0 Å². The van der Waals surface area contributed by atoms with Crippen LogP contribution in [0.15, 0.2) is 47.4 Å². The van der Waals surface area contributed by atoms with Gasteiger partial charge in [-0.15, -0.1) is 0 Å². The minimum Gasteiger partial charge on any atom is -0.495 e. The predicted octanol–water partition coefficient (Wildman–Crippen LogP) is 3.38. The van der Waals surface area contributed by atoms with E-state index in [2.05, 4.69) is 4.72 Å². The van der Waals surface area contributed by atoms with E-state index in [1.807, 2.05) is 31.2 Å². The van der Waals surface area contributed by atoms with Crippen LogP contribution in [0.4, 0.5) is 0 Å². The van der Waals surface area contributed by atoms with Crippen LogP contribution in [0.2, 0.25) is 0 Å². The molecule has 0 radical (unpaired) electrons. The molecular formula is C23H30N2O5S. The van der Waals surface area contributed by atoms with Gasteiger partial charge in [-0.3, -0.25) is 4.79 Å². The number of ether oxygens (including phenoxy) is 2. The van der Waals surface area contributed by atoms with Gasteiger partial charge >= 0.3 is 0 Å². The number of carbonyl (C=O) groups excluding carboxylic acids is 1. The number of likely N-dealkylation sites (N-methyl/N-ethyl adjacent to an activating group) is 1. The van der Waals surface area contributed by atoms with Gasteiger partial charge in [-0.25, -0.2) is 13.1 Å². The van der Waals surface area contributed by atoms with E-state index in [0.29, 0.717) is 13.2 Å². The summed E-state index contributed by atoms with van der Waals surface area (Å²) in [5.74, 6) is 0.678. The molecule has 3 rings (SSSR count). The van der Waals surface area contributed by atoms with Crippen LogP contribution in [0.1, 0.15) is 41.6 Å². The fourth-order valence-electron chi connectivity index (χ4n) is 3.67. The first-order valence-electron chi connectivity index (χ1n) is 10.5. The van der Waals surface area contributed by atoms with Crippen molar-refractivity contribution in [2.45, 2.75) is 43.5 Å². The van der Waals surface area contributed by atoms with Crippen LogP contribution in [0.3, 0.4) is 0 Å². The maximum Gasteiger partial charge on any atom is 0.253 e. The Hall–Kier alpha value is -2.58. The summed E-state index contributed by atoms with van der Waals surface area (Å²) < 4.78 is 39.6. The summed E-state index contributed by atoms with van der Waals surface area (Å²) in [5, 5.41) is 0. The zero-order chi connectivity index (χ0) is 22.4. The lowest BCUT2D eigenvalue weighted by molar-refractivity contribution is 0.0773. The lowest BCUT2D eigenvalue weighted by Crippen LogP contribution is -2.33. The van der Waals surface area contributed by atoms with Crippen molar-refractivity contribution in [3.05, 3.63) is 53.6 Å². The second-order valence-electron chi connectivity index (χ2n) is 7.86. The van der Waals surface area contributed by atoms with Gasteiger partial charge in [0.2, 0.25) is 10.0 Å². The number of hydrogen-bond donors (Lipinski definition) is 1. The minimum atomic E-state index is -3.80. The Bertz CT molecular complexity index is 1020. The smallest absolute Gasteiger partial charge is 0.253 e. The van der Waals surface area contributed by atoms with E-state index in [-0.39, 0.29) is 28.2 Å². The topological polar surface area (TPSA) is 84.9 Å². The van der Waals surface area contributed by atoms with Gasteiger partial charge in [0.05, 0.1) is 13.7 Å². The number of amides is 1. The molecule has 0 aromatic heterocycles. The van der Waals surface area contributed by atoms with Gasteiger partial charge in [0.15, 0.2) is 0 Å². The largest absolute Gasteiger partial charge is 0.495 e. The van der Waals surface area contributed by atoms with Crippen LogP contribution in [-0.2, 0) is 10.0 Å². The van der Waals surface area contributed by atoms with E-state index in [4.69, 9.17) is 9.47 Å². The average Bonchev–Trinajstić information content (AvgIpc) is 3.25. The lowest BCUT2D eigenvalue weighted by atomic mass is 10.2. The van der Waals surface area contributed by atoms with Crippen molar-refractivity contribution in [3.63, 3.8) is 0 Å². The number of nitrogens with zero attached hydrogens (tertiary/aromatic N) is 1. The zero-order valence-electron chi connectivity index (χ0n) is 18.3. The van der Waals surface area contributed by atoms with Gasteiger partial charge in [-0.2, -0.15) is 0 Å². The molecule has 1 N–H and O–H groups in total. The third-order valence-corrected chi connectivity index (χ3v) is 6.95. The number of methoxy groups -OCH3 is 1. The third kappa shape index (κ3) is 5.98. The molecule has 0 atom stereocenters. The number of hydrogen-bond acceptors (Lipinski definition) is 5. The van der Waals surface area contributed by atoms with E-state index in [9.17, 15) is 13.2 Å². The highest BCUT2D eigenvalue weighted by Crippen LogP contribution is 2.27. The first-order chi connectivity index (χ1) is 14.8. The molecule has 0 saturated heterocycles. The van der Waals surface area contributed by atoms with Gasteiger partial charge < -0.3 is 14.4 Å². The molecule has 1 aliphatic carbocycles. The molecule has 0 heterocycles. The summed E-state index contributed by atoms with van der Waals surface area (Å²) in [4.78, 5) is 14.4. The molecule has 0 unspecified atom stereocenters. The number of aryl methyl sites for hydroxylation is 1. The van der Waals surface area contributed by atoms with Crippen LogP contribution in [0.5, 0.6) is 11.5 Å². The number of carbonyl (C=O) groups is 1. The fraction of sp³-hybridized carbons (Fsp3) is 0.435. The van der Waals surface area contributed by atoms with Crippen LogP contribution >= 0.6 is 0 Å². The Kier molecular flexibility index (Phi) is 7.56. The summed E-state index contributed by atoms with van der Waals surface area (Å²) in [6.07, 6.45) is 3.67. The number of nitrogens with one attached hydrogen (secondary N) is 1. The van der Waals surface area contributed by atoms with Crippen LogP contribution < -0.4 is 14.2 Å². The lowest BCUT2D eigenvalue weighted by Gasteiger charge is -2.19. The molecule has 1 amide bonds. The van der Waals surface area contributed by atoms with Gasteiger partial charge in [-0.05, 0) is 55.7 Å². The van der Waals surface area contributed by atoms with Crippen molar-refractivity contribution >= 4 is 15.9 Å². The minimum absolute atomic E-state index is 0.0165. The Morgan fingerprint density at radius 1 is 1.16 bits per heavy atom. The predicted molar refractivity (Wildman–Crippen MR) is 119 cm³/mol. The second-order valence-corrected chi connectivity index (χ2v) is 9.54. The van der Waals surface area contributed by atoms with Crippen molar-refractivity contribution in [3.8, 4) is 11.5 Å². The normalized spacial score (nSPS) is 14.4. The van der Waals surface area contributed by atoms with Crippen LogP contribution in [0, 0.1) is 6.92 Å². The average molecular weight is 447 g/mol. The quantitative estimate of drug-likeness (QED) is 0.638. The van der Waals surface area contributed by atoms with E-state index in [1.165, 1.54) is 24.1 Å². The highest BCUT2D eigenvalue weighted by Gasteiger charge is 2.27. The monoisotopic (exact) mass is 446 g/mol. The van der Waals surface area contributed by atoms with Crippen molar-refractivity contribution in [1.82, 2.24) is 9.62 Å². The molecule has 1 fully saturated rings. The molecule has 0 spiro atoms. The summed E-state index contributed by atoms with van der Waals surface area (Å²) in [7, 11) is -0.715. The van der Waals surface area contributed by atoms with Crippen molar-refractivity contribution in [1.29, 1.82) is 0 Å². The zero-order valence-corrected chi connectivity index (χ0v) is 19.1. The molecule has 2 aromatic carbocycles. The summed E-state index contributed by atoms with van der Waals surface area (Å²) >= 11 is 0. The molecule has 2 aromatic rings. The molecular weight excluding hydrogens is 416 g/mol. The molecule has 8 heteroatoms. The standard InChI is InChI=1S/C23H30N2O5S/c1-17-7-6-10-20(15-17)30-14-13-25(2)23(26)18-11-12-21(29-3)22(16-18)31(27,28)24-19-8-4-5-9-19/h6-7,10-12,15-16,19,24H,4-5,8-9,13-14H2,1-3H3. The Morgan fingerprint density at radius 2 is 1.90 bits per heavy atom. The molecule has 1 saturated carbocycles. The van der Waals surface area contributed by atoms with Gasteiger partial charge in [0.25, 0.3) is 5.91 Å². The molecule has 31 heavy (non-hydrogen) atoms. The molecule has 0 bridgehead atoms. The van der Waals surface area contributed by atoms with E-state index in [1.54, 1.807) is 13.1 Å². The Balaban J connectivity index is 1.69. The van der Waals surface area contributed by atoms with Gasteiger partial charge in [0, 0.05) is 18.7 Å². The fourth-order valence-corrected chi connectivity index (χ4v) is 5.17. The van der Waals surface area contributed by atoms with Gasteiger partial charge in [-0.1, -0.05) is 25.0 Å². The number of sulfonamides is 1. The highest BCUT2D eigenvalue weighted by molar-refractivity contribution is 7.89. The number of benzene rings is 2. The number of rotatable bonds is 9. The third-order valence-electron chi connectivity index (χ3n) is 5.41. The van der Waals surface area contributed by atoms with Crippen LogP contribution in [0.25, 0.3) is 0 Å². The van der Waals surface area contributed by atoms with E-state index >= 15 is 0 Å². The molecule has 1 aliphatic rings. The Labute approximate surface area is 184 Å². The first-order valence-corrected chi connectivity index (χ1v) is 11.9. The maximum absolute atomic E-state index is 12.9. The van der Waals surface area contributed by atoms with Crippen LogP contribution in [-0.4, -0.2) is 52.6 Å². The van der Waals surface area contributed by atoms with Crippen molar-refractivity contribution in [2.75, 3.05) is 27.3 Å². The SMILES string of the molecule is COc1ccc(C(=O)N(C)CCOc2cccc(C)c2)cc1S(=O)(=O)NC1CCCC1. The second kappa shape index (κ2) is 10.2. The Morgan fingerprint density at radius 3 is 2.58 bits per heavy atom. The molecule has 0 aliphatic heterocycles. The first kappa shape index (κ1) is 23.1. The maximum atomic E-state index is 12.9. The summed E-state index contributed by atoms with van der Waals surface area (Å²) in [6, 6.07) is 12.1. The van der Waals surface area contributed by atoms with E-state index in [0.717, 1.165) is 37.0 Å². The molecule has 7 nitrogen and oxygen atoms in total. The summed E-state index contributed by atoms with van der Waals surface area (Å²) in [5.41, 5.74) is 1.38. The van der Waals surface area contributed by atoms with Gasteiger partial charge in [0.1, 0.15) is 23.0 Å². The van der Waals surface area contributed by atoms with Crippen molar-refractivity contribution < 1.29 is 22.7 Å². The van der Waals surface area contributed by atoms with Crippen molar-refractivity contribution in [2.24, 2.45) is 0 Å². The highest BCUT2D eigenvalue weighted by atomic mass is 32.2.